The number of rotatable bonds is 9. The van der Waals surface area contributed by atoms with E-state index in [2.05, 4.69) is 45.3 Å². The first kappa shape index (κ1) is 21.8. The number of nitrogens with zero attached hydrogens (tertiary/aromatic N) is 3. The van der Waals surface area contributed by atoms with Gasteiger partial charge in [-0.25, -0.2) is 9.97 Å². The first-order chi connectivity index (χ1) is 15.5. The smallest absolute Gasteiger partial charge is 0.134 e. The Labute approximate surface area is 189 Å². The molecule has 0 bridgehead atoms. The van der Waals surface area contributed by atoms with E-state index in [0.717, 1.165) is 64.7 Å². The Morgan fingerprint density at radius 2 is 1.91 bits per heavy atom. The number of ether oxygens (including phenoxy) is 1. The Balaban J connectivity index is 1.41. The van der Waals surface area contributed by atoms with Gasteiger partial charge in [0.15, 0.2) is 0 Å². The summed E-state index contributed by atoms with van der Waals surface area (Å²) in [6.45, 7) is 6.33. The lowest BCUT2D eigenvalue weighted by atomic mass is 10.1. The summed E-state index contributed by atoms with van der Waals surface area (Å²) in [5.74, 6) is 2.48. The Bertz CT molecular complexity index is 1200. The van der Waals surface area contributed by atoms with Gasteiger partial charge in [0.2, 0.25) is 0 Å². The molecule has 2 aromatic carbocycles. The number of likely N-dealkylation sites (N-methyl/N-ethyl adjacent to an activating group) is 1. The molecule has 0 aliphatic heterocycles. The maximum atomic E-state index is 5.85. The van der Waals surface area contributed by atoms with Crippen LogP contribution in [-0.4, -0.2) is 48.7 Å². The van der Waals surface area contributed by atoms with Crippen LogP contribution in [0, 0.1) is 13.8 Å². The minimum Gasteiger partial charge on any atom is -0.492 e. The molecular weight excluding hydrogens is 400 g/mol. The monoisotopic (exact) mass is 430 g/mol. The van der Waals surface area contributed by atoms with Crippen LogP contribution >= 0.6 is 0 Å². The van der Waals surface area contributed by atoms with E-state index in [0.29, 0.717) is 6.61 Å². The van der Waals surface area contributed by atoms with Crippen molar-refractivity contribution in [3.8, 4) is 17.0 Å². The summed E-state index contributed by atoms with van der Waals surface area (Å²) in [5.41, 5.74) is 5.20. The van der Waals surface area contributed by atoms with Crippen LogP contribution in [0.15, 0.2) is 59.2 Å². The summed E-state index contributed by atoms with van der Waals surface area (Å²) in [4.78, 5) is 11.3. The van der Waals surface area contributed by atoms with Crippen LogP contribution in [0.1, 0.15) is 17.0 Å². The van der Waals surface area contributed by atoms with Crippen LogP contribution < -0.4 is 10.1 Å². The summed E-state index contributed by atoms with van der Waals surface area (Å²) < 4.78 is 11.4. The van der Waals surface area contributed by atoms with Gasteiger partial charge < -0.3 is 19.4 Å². The van der Waals surface area contributed by atoms with Gasteiger partial charge in [-0.15, -0.1) is 0 Å². The highest BCUT2D eigenvalue weighted by molar-refractivity contribution is 5.85. The summed E-state index contributed by atoms with van der Waals surface area (Å²) in [7, 11) is 4.09. The fourth-order valence-electron chi connectivity index (χ4n) is 3.59. The number of nitrogens with one attached hydrogen (secondary N) is 1. The molecule has 0 saturated heterocycles. The van der Waals surface area contributed by atoms with E-state index in [9.17, 15) is 0 Å². The number of furan rings is 1. The highest BCUT2D eigenvalue weighted by Gasteiger charge is 2.08. The first-order valence-corrected chi connectivity index (χ1v) is 10.9. The van der Waals surface area contributed by atoms with E-state index in [-0.39, 0.29) is 0 Å². The predicted octanol–water partition coefficient (Wildman–Crippen LogP) is 5.10. The second kappa shape index (κ2) is 9.83. The zero-order chi connectivity index (χ0) is 22.5. The second-order valence-electron chi connectivity index (χ2n) is 8.29. The van der Waals surface area contributed by atoms with Crippen LogP contribution in [0.3, 0.4) is 0 Å². The van der Waals surface area contributed by atoms with Crippen LogP contribution in [0.2, 0.25) is 0 Å². The largest absolute Gasteiger partial charge is 0.492 e. The lowest BCUT2D eigenvalue weighted by Crippen LogP contribution is -2.19. The molecule has 0 radical (unpaired) electrons. The van der Waals surface area contributed by atoms with E-state index < -0.39 is 0 Å². The maximum Gasteiger partial charge on any atom is 0.134 e. The fourth-order valence-corrected chi connectivity index (χ4v) is 3.59. The maximum absolute atomic E-state index is 5.85. The van der Waals surface area contributed by atoms with Gasteiger partial charge >= 0.3 is 0 Å². The van der Waals surface area contributed by atoms with E-state index in [1.807, 2.05) is 51.4 Å². The highest BCUT2D eigenvalue weighted by atomic mass is 16.5. The molecule has 0 unspecified atom stereocenters. The van der Waals surface area contributed by atoms with E-state index in [1.165, 1.54) is 5.56 Å². The molecule has 0 spiro atoms. The molecule has 2 aromatic heterocycles. The first-order valence-electron chi connectivity index (χ1n) is 10.9. The molecule has 0 aliphatic rings. The van der Waals surface area contributed by atoms with Crippen molar-refractivity contribution >= 4 is 16.8 Å². The molecule has 0 aliphatic carbocycles. The van der Waals surface area contributed by atoms with E-state index >= 15 is 0 Å². The van der Waals surface area contributed by atoms with Crippen molar-refractivity contribution < 1.29 is 9.15 Å². The minimum atomic E-state index is 0.682. The third kappa shape index (κ3) is 5.45. The van der Waals surface area contributed by atoms with Gasteiger partial charge in [0.1, 0.15) is 29.6 Å². The van der Waals surface area contributed by atoms with Gasteiger partial charge in [-0.05, 0) is 75.8 Å². The van der Waals surface area contributed by atoms with Crippen LogP contribution in [0.25, 0.3) is 22.2 Å². The molecule has 0 saturated carbocycles. The van der Waals surface area contributed by atoms with Crippen molar-refractivity contribution in [3.05, 3.63) is 71.7 Å². The van der Waals surface area contributed by atoms with Crippen molar-refractivity contribution in [2.75, 3.05) is 39.1 Å². The molecule has 1 N–H and O–H groups in total. The topological polar surface area (TPSA) is 63.4 Å². The number of hydrogen-bond donors (Lipinski definition) is 1. The highest BCUT2D eigenvalue weighted by Crippen LogP contribution is 2.27. The van der Waals surface area contributed by atoms with Crippen molar-refractivity contribution in [1.29, 1.82) is 0 Å². The van der Waals surface area contributed by atoms with Gasteiger partial charge in [0.05, 0.1) is 12.0 Å². The Morgan fingerprint density at radius 3 is 2.75 bits per heavy atom. The molecule has 0 fully saturated rings. The van der Waals surface area contributed by atoms with Crippen molar-refractivity contribution in [3.63, 3.8) is 0 Å². The number of aromatic nitrogens is 2. The summed E-state index contributed by atoms with van der Waals surface area (Å²) in [6.07, 6.45) is 2.67. The molecule has 2 heterocycles. The van der Waals surface area contributed by atoms with Crippen LogP contribution in [0.4, 0.5) is 5.82 Å². The van der Waals surface area contributed by atoms with Gasteiger partial charge in [-0.1, -0.05) is 12.1 Å². The fraction of sp³-hybridized carbons (Fsp3) is 0.308. The number of hydrogen-bond acceptors (Lipinski definition) is 6. The molecule has 0 amide bonds. The molecule has 32 heavy (non-hydrogen) atoms. The van der Waals surface area contributed by atoms with Gasteiger partial charge in [-0.3, -0.25) is 0 Å². The minimum absolute atomic E-state index is 0.682. The average Bonchev–Trinajstić information content (AvgIpc) is 3.14. The Morgan fingerprint density at radius 1 is 1.03 bits per heavy atom. The van der Waals surface area contributed by atoms with Gasteiger partial charge in [0, 0.05) is 30.1 Å². The zero-order valence-electron chi connectivity index (χ0n) is 19.2. The van der Waals surface area contributed by atoms with Gasteiger partial charge in [0.25, 0.3) is 0 Å². The molecule has 4 rings (SSSR count). The predicted molar refractivity (Wildman–Crippen MR) is 129 cm³/mol. The van der Waals surface area contributed by atoms with E-state index in [4.69, 9.17) is 9.15 Å². The van der Waals surface area contributed by atoms with Crippen molar-refractivity contribution in [2.24, 2.45) is 0 Å². The van der Waals surface area contributed by atoms with Crippen LogP contribution in [-0.2, 0) is 6.42 Å². The number of fused-ring (bicyclic) bond motifs is 1. The molecule has 166 valence electrons. The standard InChI is InChI=1S/C26H30N4O2/c1-18-17-32-25-9-8-21(15-23(18)25)24-16-26(29-19(2)28-24)27-11-10-20-6-5-7-22(14-20)31-13-12-30(3)4/h5-9,14-17H,10-13H2,1-4H3,(H,27,28,29). The molecule has 4 aromatic rings. The number of aryl methyl sites for hydroxylation is 2. The molecule has 6 nitrogen and oxygen atoms in total. The Kier molecular flexibility index (Phi) is 6.71. The molecular formula is C26H30N4O2. The van der Waals surface area contributed by atoms with Crippen LogP contribution in [0.5, 0.6) is 5.75 Å². The number of benzene rings is 2. The SMILES string of the molecule is Cc1nc(NCCc2cccc(OCCN(C)C)c2)cc(-c2ccc3occ(C)c3c2)n1. The van der Waals surface area contributed by atoms with Crippen molar-refractivity contribution in [1.82, 2.24) is 14.9 Å². The normalized spacial score (nSPS) is 11.3. The van der Waals surface area contributed by atoms with Gasteiger partial charge in [-0.2, -0.15) is 0 Å². The summed E-state index contributed by atoms with van der Waals surface area (Å²) >= 11 is 0. The molecule has 0 atom stereocenters. The summed E-state index contributed by atoms with van der Waals surface area (Å²) in [5, 5.41) is 4.56. The molecule has 6 heteroatoms. The third-order valence-electron chi connectivity index (χ3n) is 5.33. The average molecular weight is 431 g/mol. The quantitative estimate of drug-likeness (QED) is 0.398. The Hall–Kier alpha value is -3.38. The lowest BCUT2D eigenvalue weighted by Gasteiger charge is -2.12. The number of anilines is 1. The van der Waals surface area contributed by atoms with E-state index in [1.54, 1.807) is 6.26 Å². The lowest BCUT2D eigenvalue weighted by molar-refractivity contribution is 0.261. The third-order valence-corrected chi connectivity index (χ3v) is 5.33. The zero-order valence-corrected chi connectivity index (χ0v) is 19.2. The van der Waals surface area contributed by atoms with Crippen molar-refractivity contribution in [2.45, 2.75) is 20.3 Å². The second-order valence-corrected chi connectivity index (χ2v) is 8.29. The summed E-state index contributed by atoms with van der Waals surface area (Å²) in [6, 6.07) is 16.4.